The summed E-state index contributed by atoms with van der Waals surface area (Å²) >= 11 is 6.00. The summed E-state index contributed by atoms with van der Waals surface area (Å²) in [5.41, 5.74) is 0.584. The van der Waals surface area contributed by atoms with Crippen molar-refractivity contribution in [2.45, 2.75) is 59.0 Å². The minimum atomic E-state index is 0.292. The van der Waals surface area contributed by atoms with E-state index in [4.69, 9.17) is 0 Å². The molecule has 0 N–H and O–H groups in total. The van der Waals surface area contributed by atoms with Crippen LogP contribution in [0.1, 0.15) is 48.0 Å². The van der Waals surface area contributed by atoms with Crippen molar-refractivity contribution in [3.63, 3.8) is 0 Å². The minimum absolute atomic E-state index is 0.292. The first kappa shape index (κ1) is 21.7. The molecule has 18 heavy (non-hydrogen) atoms. The normalized spacial score (nSPS) is 12.9. The van der Waals surface area contributed by atoms with Gasteiger partial charge in [0, 0.05) is 11.1 Å². The molecule has 0 heterocycles. The zero-order valence-corrected chi connectivity index (χ0v) is 17.2. The van der Waals surface area contributed by atoms with Crippen molar-refractivity contribution in [2.24, 2.45) is 0 Å². The van der Waals surface area contributed by atoms with Gasteiger partial charge in [-0.3, -0.25) is 0 Å². The first-order valence-electron chi connectivity index (χ1n) is 6.21. The van der Waals surface area contributed by atoms with Crippen LogP contribution in [0.2, 0.25) is 0 Å². The van der Waals surface area contributed by atoms with Crippen LogP contribution in [0.15, 0.2) is 0 Å². The molecule has 0 saturated heterocycles. The van der Waals surface area contributed by atoms with Crippen LogP contribution in [-0.4, -0.2) is 48.1 Å². The molecule has 0 unspecified atom stereocenters. The molecule has 2 nitrogen and oxygen atoms in total. The van der Waals surface area contributed by atoms with Gasteiger partial charge >= 0.3 is 39.3 Å². The van der Waals surface area contributed by atoms with Crippen LogP contribution < -0.4 is 0 Å². The maximum absolute atomic E-state index is 3.00. The van der Waals surface area contributed by atoms with Crippen LogP contribution in [0.3, 0.4) is 0 Å². The van der Waals surface area contributed by atoms with E-state index in [9.17, 15) is 0 Å². The Kier molecular flexibility index (Phi) is 12.2. The van der Waals surface area contributed by atoms with E-state index in [0.29, 0.717) is 11.1 Å². The van der Waals surface area contributed by atoms with E-state index in [1.807, 2.05) is 0 Å². The second kappa shape index (κ2) is 10.2. The van der Waals surface area contributed by atoms with Crippen LogP contribution in [0.4, 0.5) is 0 Å². The van der Waals surface area contributed by atoms with Gasteiger partial charge in [0.25, 0.3) is 0 Å². The molecule has 114 valence electrons. The summed E-state index contributed by atoms with van der Waals surface area (Å²) < 4.78 is 0. The van der Waals surface area contributed by atoms with Gasteiger partial charge in [-0.25, -0.2) is 0 Å². The van der Waals surface area contributed by atoms with Gasteiger partial charge in [0.2, 0.25) is 0 Å². The average Bonchev–Trinajstić information content (AvgIpc) is 2.15. The van der Waals surface area contributed by atoms with E-state index in [0.717, 1.165) is 0 Å². The molecule has 0 aliphatic heterocycles. The summed E-state index contributed by atoms with van der Waals surface area (Å²) in [6, 6.07) is 0. The van der Waals surface area contributed by atoms with Crippen molar-refractivity contribution in [2.75, 3.05) is 27.2 Å². The van der Waals surface area contributed by atoms with Crippen LogP contribution in [0.5, 0.6) is 0 Å². The van der Waals surface area contributed by atoms with Gasteiger partial charge in [-0.1, -0.05) is 0 Å². The molecule has 0 aromatic carbocycles. The molecule has 0 bridgehead atoms. The molecule has 0 aliphatic carbocycles. The number of halogens is 2. The van der Waals surface area contributed by atoms with Crippen molar-refractivity contribution in [1.82, 2.24) is 9.80 Å². The van der Waals surface area contributed by atoms with E-state index in [2.05, 4.69) is 93.9 Å². The second-order valence-electron chi connectivity index (χ2n) is 6.58. The Balaban J connectivity index is 0. The molecular weight excluding hydrogens is 403 g/mol. The van der Waals surface area contributed by atoms with Crippen molar-refractivity contribution < 1.29 is 10.9 Å². The first-order valence-corrected chi connectivity index (χ1v) is 11.1. The fraction of sp³-hybridized carbons (Fsp3) is 1.00. The molecular formula is C13H30Br2N2Ni+2. The van der Waals surface area contributed by atoms with E-state index >= 15 is 0 Å². The molecule has 5 heteroatoms. The van der Waals surface area contributed by atoms with Crippen molar-refractivity contribution >= 4 is 28.5 Å². The summed E-state index contributed by atoms with van der Waals surface area (Å²) in [5.74, 6) is 0. The topological polar surface area (TPSA) is 6.48 Å². The molecule has 0 amide bonds. The molecule has 0 saturated carbocycles. The number of hydrogen-bond acceptors (Lipinski definition) is 2. The molecule has 0 aromatic heterocycles. The molecule has 0 spiro atoms. The summed E-state index contributed by atoms with van der Waals surface area (Å²) in [7, 11) is 5.66. The van der Waals surface area contributed by atoms with E-state index < -0.39 is 0 Å². The van der Waals surface area contributed by atoms with Gasteiger partial charge in [-0.05, 0) is 75.1 Å². The van der Waals surface area contributed by atoms with Crippen molar-refractivity contribution in [3.05, 3.63) is 0 Å². The molecule has 0 aromatic rings. The summed E-state index contributed by atoms with van der Waals surface area (Å²) in [4.78, 5) is 4.84. The first-order chi connectivity index (χ1) is 7.96. The van der Waals surface area contributed by atoms with Gasteiger partial charge in [0.15, 0.2) is 0 Å². The molecule has 0 rings (SSSR count). The third-order valence-electron chi connectivity index (χ3n) is 3.28. The van der Waals surface area contributed by atoms with Gasteiger partial charge in [0.1, 0.15) is 0 Å². The second-order valence-corrected chi connectivity index (χ2v) is 11.6. The maximum atomic E-state index is 3.00. The Morgan fingerprint density at radius 2 is 1.00 bits per heavy atom. The van der Waals surface area contributed by atoms with Gasteiger partial charge in [0.05, 0.1) is 0 Å². The zero-order valence-electron chi connectivity index (χ0n) is 13.1. The van der Waals surface area contributed by atoms with Crippen LogP contribution >= 0.6 is 28.5 Å². The van der Waals surface area contributed by atoms with E-state index in [1.54, 1.807) is 0 Å². The van der Waals surface area contributed by atoms with Crippen molar-refractivity contribution in [1.29, 1.82) is 0 Å². The Labute approximate surface area is 135 Å². The van der Waals surface area contributed by atoms with E-state index in [1.165, 1.54) is 30.4 Å². The van der Waals surface area contributed by atoms with Gasteiger partial charge < -0.3 is 9.80 Å². The third-order valence-corrected chi connectivity index (χ3v) is 3.28. The third kappa shape index (κ3) is 12.4. The summed E-state index contributed by atoms with van der Waals surface area (Å²) in [6.07, 6.45) is 1.24. The van der Waals surface area contributed by atoms with Gasteiger partial charge in [-0.2, -0.15) is 0 Å². The molecule has 0 aliphatic rings. The standard InChI is InChI=1S/C13H30N2.2BrH.Ni/c1-12(2,3)14(7)10-9-11-15(8)13(4,5)6;;;/h9-11H2,1-8H3;2*1H;/q;;;+4/p-2. The summed E-state index contributed by atoms with van der Waals surface area (Å²) in [6.45, 7) is 15.9. The predicted octanol–water partition coefficient (Wildman–Crippen LogP) is 4.53. The number of rotatable bonds is 4. The van der Waals surface area contributed by atoms with Crippen LogP contribution in [0.25, 0.3) is 0 Å². The van der Waals surface area contributed by atoms with Gasteiger partial charge in [-0.15, -0.1) is 0 Å². The predicted molar refractivity (Wildman–Crippen MR) is 87.2 cm³/mol. The average molecular weight is 433 g/mol. The van der Waals surface area contributed by atoms with Crippen molar-refractivity contribution in [3.8, 4) is 0 Å². The Morgan fingerprint density at radius 3 is 1.17 bits per heavy atom. The molecule has 0 fully saturated rings. The van der Waals surface area contributed by atoms with Crippen LogP contribution in [-0.2, 0) is 10.9 Å². The zero-order chi connectivity index (χ0) is 15.0. The Morgan fingerprint density at radius 1 is 0.778 bits per heavy atom. The monoisotopic (exact) mass is 430 g/mol. The molecule has 0 atom stereocenters. The fourth-order valence-corrected chi connectivity index (χ4v) is 1.22. The molecule has 0 radical (unpaired) electrons. The Hall–Kier alpha value is 1.37. The quantitative estimate of drug-likeness (QED) is 0.602. The number of nitrogens with zero attached hydrogens (tertiary/aromatic N) is 2. The SMILES string of the molecule is CN(CCCN(C)C(C)(C)C)C(C)(C)C.[Br][Ni+2][Br]. The van der Waals surface area contributed by atoms with E-state index in [-0.39, 0.29) is 0 Å². The number of hydrogen-bond donors (Lipinski definition) is 0. The summed E-state index contributed by atoms with van der Waals surface area (Å²) in [5, 5.41) is 0. The van der Waals surface area contributed by atoms with Crippen LogP contribution in [0, 0.1) is 0 Å². The Bertz CT molecular complexity index is 180. The fourth-order valence-electron chi connectivity index (χ4n) is 1.22.